The maximum Gasteiger partial charge on any atom is 0.240 e. The van der Waals surface area contributed by atoms with E-state index in [1.165, 1.54) is 0 Å². The normalized spacial score (nSPS) is 23.5. The molecule has 9 heteroatoms. The lowest BCUT2D eigenvalue weighted by molar-refractivity contribution is 0.141. The number of nitrogens with one attached hydrogen (secondary N) is 2. The number of aromatic nitrogens is 2. The van der Waals surface area contributed by atoms with Crippen molar-refractivity contribution in [2.45, 2.75) is 55.2 Å². The minimum absolute atomic E-state index is 0.0648. The molecule has 0 spiro atoms. The number of rotatable bonds is 7. The molecule has 2 aromatic carbocycles. The SMILES string of the molecule is O=S(=O)(N[C@H]1CC[C@H](Nc2ncc3ccc(OC4CCOC4)cc3n2)CC1)c1ccccc1. The van der Waals surface area contributed by atoms with Crippen LogP contribution in [-0.4, -0.2) is 49.8 Å². The van der Waals surface area contributed by atoms with Gasteiger partial charge in [-0.05, 0) is 49.9 Å². The highest BCUT2D eigenvalue weighted by Crippen LogP contribution is 2.25. The third-order valence-electron chi connectivity index (χ3n) is 6.18. The van der Waals surface area contributed by atoms with Gasteiger partial charge < -0.3 is 14.8 Å². The van der Waals surface area contributed by atoms with E-state index < -0.39 is 10.0 Å². The van der Waals surface area contributed by atoms with E-state index in [1.807, 2.05) is 30.5 Å². The summed E-state index contributed by atoms with van der Waals surface area (Å²) in [6, 6.07) is 14.5. The van der Waals surface area contributed by atoms with Gasteiger partial charge in [-0.1, -0.05) is 18.2 Å². The van der Waals surface area contributed by atoms with Crippen LogP contribution < -0.4 is 14.8 Å². The zero-order chi connectivity index (χ0) is 22.7. The Morgan fingerprint density at radius 2 is 1.76 bits per heavy atom. The van der Waals surface area contributed by atoms with Crippen molar-refractivity contribution in [3.63, 3.8) is 0 Å². The Kier molecular flexibility index (Phi) is 6.43. The first kappa shape index (κ1) is 22.1. The van der Waals surface area contributed by atoms with Gasteiger partial charge >= 0.3 is 0 Å². The Balaban J connectivity index is 1.18. The van der Waals surface area contributed by atoms with E-state index in [2.05, 4.69) is 20.0 Å². The van der Waals surface area contributed by atoms with E-state index in [-0.39, 0.29) is 18.2 Å². The molecule has 1 unspecified atom stereocenters. The van der Waals surface area contributed by atoms with Gasteiger partial charge in [0.25, 0.3) is 0 Å². The van der Waals surface area contributed by atoms with Gasteiger partial charge in [-0.25, -0.2) is 23.1 Å². The zero-order valence-electron chi connectivity index (χ0n) is 18.3. The first-order valence-electron chi connectivity index (χ1n) is 11.4. The average molecular weight is 469 g/mol. The fourth-order valence-corrected chi connectivity index (χ4v) is 5.70. The van der Waals surface area contributed by atoms with Gasteiger partial charge in [-0.2, -0.15) is 0 Å². The second-order valence-corrected chi connectivity index (χ2v) is 10.4. The van der Waals surface area contributed by atoms with E-state index in [0.717, 1.165) is 55.4 Å². The maximum absolute atomic E-state index is 12.6. The Labute approximate surface area is 193 Å². The third kappa shape index (κ3) is 5.43. The predicted octanol–water partition coefficient (Wildman–Crippen LogP) is 3.50. The summed E-state index contributed by atoms with van der Waals surface area (Å²) in [5.74, 6) is 1.37. The average Bonchev–Trinajstić information content (AvgIpc) is 3.34. The number of ether oxygens (including phenoxy) is 2. The Bertz CT molecular complexity index is 1190. The summed E-state index contributed by atoms with van der Waals surface area (Å²) in [7, 11) is -3.49. The van der Waals surface area contributed by atoms with Crippen molar-refractivity contribution >= 4 is 26.9 Å². The van der Waals surface area contributed by atoms with Gasteiger partial charge in [0.05, 0.1) is 23.6 Å². The fourth-order valence-electron chi connectivity index (χ4n) is 4.37. The molecular formula is C24H28N4O4S. The van der Waals surface area contributed by atoms with Crippen LogP contribution in [0, 0.1) is 0 Å². The van der Waals surface area contributed by atoms with Gasteiger partial charge in [0, 0.05) is 36.2 Å². The van der Waals surface area contributed by atoms with Crippen molar-refractivity contribution in [3.8, 4) is 5.75 Å². The number of anilines is 1. The molecule has 1 aromatic heterocycles. The first-order valence-corrected chi connectivity index (χ1v) is 12.9. The molecule has 0 amide bonds. The molecule has 1 atom stereocenters. The van der Waals surface area contributed by atoms with Crippen molar-refractivity contribution in [2.75, 3.05) is 18.5 Å². The van der Waals surface area contributed by atoms with Crippen LogP contribution in [0.3, 0.4) is 0 Å². The summed E-state index contributed by atoms with van der Waals surface area (Å²) in [6.07, 6.45) is 6.02. The van der Waals surface area contributed by atoms with Crippen LogP contribution in [0.4, 0.5) is 5.95 Å². The Morgan fingerprint density at radius 3 is 2.52 bits per heavy atom. The monoisotopic (exact) mass is 468 g/mol. The van der Waals surface area contributed by atoms with Crippen molar-refractivity contribution in [1.29, 1.82) is 0 Å². The fraction of sp³-hybridized carbons (Fsp3) is 0.417. The molecule has 8 nitrogen and oxygen atoms in total. The van der Waals surface area contributed by atoms with E-state index in [9.17, 15) is 8.42 Å². The van der Waals surface area contributed by atoms with E-state index >= 15 is 0 Å². The largest absolute Gasteiger partial charge is 0.488 e. The molecule has 2 fully saturated rings. The van der Waals surface area contributed by atoms with Gasteiger partial charge in [0.2, 0.25) is 16.0 Å². The summed E-state index contributed by atoms with van der Waals surface area (Å²) in [4.78, 5) is 9.44. The highest BCUT2D eigenvalue weighted by atomic mass is 32.2. The second-order valence-electron chi connectivity index (χ2n) is 8.64. The predicted molar refractivity (Wildman–Crippen MR) is 126 cm³/mol. The molecule has 0 bridgehead atoms. The van der Waals surface area contributed by atoms with Gasteiger partial charge in [0.1, 0.15) is 11.9 Å². The van der Waals surface area contributed by atoms with Gasteiger partial charge in [-0.3, -0.25) is 0 Å². The molecule has 1 aliphatic heterocycles. The smallest absolute Gasteiger partial charge is 0.240 e. The summed E-state index contributed by atoms with van der Waals surface area (Å²) in [5.41, 5.74) is 0.827. The lowest BCUT2D eigenvalue weighted by atomic mass is 9.92. The number of sulfonamides is 1. The van der Waals surface area contributed by atoms with Crippen LogP contribution in [0.15, 0.2) is 59.6 Å². The van der Waals surface area contributed by atoms with Crippen LogP contribution in [0.1, 0.15) is 32.1 Å². The lowest BCUT2D eigenvalue weighted by Gasteiger charge is -2.29. The van der Waals surface area contributed by atoms with E-state index in [0.29, 0.717) is 17.5 Å². The van der Waals surface area contributed by atoms with E-state index in [4.69, 9.17) is 9.47 Å². The molecule has 1 saturated heterocycles. The zero-order valence-corrected chi connectivity index (χ0v) is 19.1. The minimum atomic E-state index is -3.49. The topological polar surface area (TPSA) is 102 Å². The summed E-state index contributed by atoms with van der Waals surface area (Å²) in [5, 5.41) is 4.37. The number of nitrogens with zero attached hydrogens (tertiary/aromatic N) is 2. The Hall–Kier alpha value is -2.75. The summed E-state index contributed by atoms with van der Waals surface area (Å²) >= 11 is 0. The molecule has 1 saturated carbocycles. The van der Waals surface area contributed by atoms with Crippen LogP contribution >= 0.6 is 0 Å². The molecule has 0 radical (unpaired) electrons. The standard InChI is InChI=1S/C24H28N4O4S/c29-33(30,22-4-2-1-3-5-22)28-19-9-7-18(8-10-19)26-24-25-15-17-6-11-20(14-23(17)27-24)32-21-12-13-31-16-21/h1-6,11,14-15,18-19,21,28H,7-10,12-13,16H2,(H,25,26,27)/t18-,19-,21?. The highest BCUT2D eigenvalue weighted by Gasteiger charge is 2.26. The summed E-state index contributed by atoms with van der Waals surface area (Å²) in [6.45, 7) is 1.36. The number of benzene rings is 2. The molecule has 2 aliphatic rings. The maximum atomic E-state index is 12.6. The van der Waals surface area contributed by atoms with Crippen LogP contribution in [0.25, 0.3) is 10.9 Å². The third-order valence-corrected chi connectivity index (χ3v) is 7.72. The van der Waals surface area contributed by atoms with Crippen molar-refractivity contribution in [2.24, 2.45) is 0 Å². The molecule has 2 heterocycles. The number of hydrogen-bond donors (Lipinski definition) is 2. The highest BCUT2D eigenvalue weighted by molar-refractivity contribution is 7.89. The second kappa shape index (κ2) is 9.62. The number of fused-ring (bicyclic) bond motifs is 1. The Morgan fingerprint density at radius 1 is 0.970 bits per heavy atom. The van der Waals surface area contributed by atoms with Crippen LogP contribution in [-0.2, 0) is 14.8 Å². The minimum Gasteiger partial charge on any atom is -0.488 e. The van der Waals surface area contributed by atoms with Crippen LogP contribution in [0.2, 0.25) is 0 Å². The molecule has 2 N–H and O–H groups in total. The van der Waals surface area contributed by atoms with Crippen molar-refractivity contribution < 1.29 is 17.9 Å². The van der Waals surface area contributed by atoms with E-state index in [1.54, 1.807) is 24.3 Å². The van der Waals surface area contributed by atoms with Gasteiger partial charge in [0.15, 0.2) is 0 Å². The van der Waals surface area contributed by atoms with Crippen molar-refractivity contribution in [3.05, 3.63) is 54.7 Å². The quantitative estimate of drug-likeness (QED) is 0.547. The molecular weight excluding hydrogens is 440 g/mol. The van der Waals surface area contributed by atoms with Gasteiger partial charge in [-0.15, -0.1) is 0 Å². The summed E-state index contributed by atoms with van der Waals surface area (Å²) < 4.78 is 39.4. The molecule has 1 aliphatic carbocycles. The molecule has 174 valence electrons. The van der Waals surface area contributed by atoms with Crippen molar-refractivity contribution in [1.82, 2.24) is 14.7 Å². The first-order chi connectivity index (χ1) is 16.0. The molecule has 5 rings (SSSR count). The molecule has 33 heavy (non-hydrogen) atoms. The van der Waals surface area contributed by atoms with Crippen LogP contribution in [0.5, 0.6) is 5.75 Å². The number of hydrogen-bond acceptors (Lipinski definition) is 7. The molecule has 3 aromatic rings. The lowest BCUT2D eigenvalue weighted by Crippen LogP contribution is -2.40.